The number of carbonyl (C=O) groups is 1. The molecule has 8 heteroatoms. The van der Waals surface area contributed by atoms with Crippen LogP contribution in [0.2, 0.25) is 0 Å². The van der Waals surface area contributed by atoms with Crippen molar-refractivity contribution in [2.24, 2.45) is 0 Å². The molecule has 2 aromatic heterocycles. The van der Waals surface area contributed by atoms with Crippen LogP contribution in [0.4, 0.5) is 11.6 Å². The summed E-state index contributed by atoms with van der Waals surface area (Å²) in [7, 11) is 0. The Morgan fingerprint density at radius 2 is 2.14 bits per heavy atom. The molecule has 110 valence electrons. The predicted molar refractivity (Wildman–Crippen MR) is 76.2 cm³/mol. The highest BCUT2D eigenvalue weighted by molar-refractivity contribution is 5.81. The van der Waals surface area contributed by atoms with Crippen molar-refractivity contribution in [1.82, 2.24) is 14.3 Å². The van der Waals surface area contributed by atoms with E-state index in [1.165, 1.54) is 4.40 Å². The molecule has 1 aliphatic heterocycles. The van der Waals surface area contributed by atoms with Crippen LogP contribution < -0.4 is 5.32 Å². The molecule has 2 aromatic rings. The number of hydrogen-bond donors (Lipinski definition) is 1. The van der Waals surface area contributed by atoms with E-state index in [2.05, 4.69) is 10.3 Å². The minimum Gasteiger partial charge on any atom is -0.358 e. The maximum Gasteiger partial charge on any atom is 0.372 e. The van der Waals surface area contributed by atoms with Gasteiger partial charge in [0.25, 0.3) is 0 Å². The summed E-state index contributed by atoms with van der Waals surface area (Å²) in [4.78, 5) is 28.6. The number of likely N-dealkylation sites (tertiary alicyclic amines) is 1. The SMILES string of the molecule is O=C(CNc1nc2ccccn2c1[N+](=O)[O-])N1CCCC1. The largest absolute Gasteiger partial charge is 0.372 e. The molecule has 3 heterocycles. The standard InChI is InChI=1S/C13H15N5O3/c19-11(16-6-3-4-7-16)9-14-12-13(18(20)21)17-8-2-1-5-10(17)15-12/h1-2,5,8,14H,3-4,6-7,9H2. The number of imidazole rings is 1. The molecule has 0 unspecified atom stereocenters. The quantitative estimate of drug-likeness (QED) is 0.676. The molecule has 1 N–H and O–H groups in total. The van der Waals surface area contributed by atoms with Crippen LogP contribution in [-0.2, 0) is 4.79 Å². The van der Waals surface area contributed by atoms with E-state index in [-0.39, 0.29) is 24.1 Å². The van der Waals surface area contributed by atoms with Crippen LogP contribution in [0.5, 0.6) is 0 Å². The minimum absolute atomic E-state index is 0.0186. The van der Waals surface area contributed by atoms with Gasteiger partial charge in [0, 0.05) is 19.2 Å². The average molecular weight is 289 g/mol. The number of carbonyl (C=O) groups excluding carboxylic acids is 1. The maximum absolute atomic E-state index is 12.0. The molecule has 1 fully saturated rings. The number of nitrogens with one attached hydrogen (secondary N) is 1. The molecule has 21 heavy (non-hydrogen) atoms. The van der Waals surface area contributed by atoms with Gasteiger partial charge in [-0.1, -0.05) is 6.07 Å². The monoisotopic (exact) mass is 289 g/mol. The van der Waals surface area contributed by atoms with Crippen molar-refractivity contribution in [3.8, 4) is 0 Å². The van der Waals surface area contributed by atoms with Gasteiger partial charge in [-0.05, 0) is 23.8 Å². The summed E-state index contributed by atoms with van der Waals surface area (Å²) in [6.45, 7) is 1.53. The topological polar surface area (TPSA) is 92.8 Å². The van der Waals surface area contributed by atoms with Gasteiger partial charge < -0.3 is 20.3 Å². The lowest BCUT2D eigenvalue weighted by molar-refractivity contribution is -0.389. The fourth-order valence-electron chi connectivity index (χ4n) is 2.51. The van der Waals surface area contributed by atoms with Gasteiger partial charge in [0.05, 0.1) is 12.7 Å². The van der Waals surface area contributed by atoms with Gasteiger partial charge in [-0.15, -0.1) is 0 Å². The fourth-order valence-corrected chi connectivity index (χ4v) is 2.51. The third-order valence-corrected chi connectivity index (χ3v) is 3.54. The number of pyridine rings is 1. The summed E-state index contributed by atoms with van der Waals surface area (Å²) in [6, 6.07) is 5.13. The molecule has 0 atom stereocenters. The van der Waals surface area contributed by atoms with Crippen LogP contribution in [0.1, 0.15) is 12.8 Å². The highest BCUT2D eigenvalue weighted by Gasteiger charge is 2.24. The summed E-state index contributed by atoms with van der Waals surface area (Å²) in [5, 5.41) is 14.0. The van der Waals surface area contributed by atoms with Crippen LogP contribution >= 0.6 is 0 Å². The van der Waals surface area contributed by atoms with Gasteiger partial charge >= 0.3 is 5.82 Å². The normalized spacial score (nSPS) is 14.6. The van der Waals surface area contributed by atoms with E-state index in [9.17, 15) is 14.9 Å². The van der Waals surface area contributed by atoms with Crippen molar-refractivity contribution in [2.45, 2.75) is 12.8 Å². The maximum atomic E-state index is 12.0. The molecule has 3 rings (SSSR count). The van der Waals surface area contributed by atoms with Gasteiger partial charge in [-0.2, -0.15) is 9.38 Å². The summed E-state index contributed by atoms with van der Waals surface area (Å²) < 4.78 is 1.39. The van der Waals surface area contributed by atoms with Crippen LogP contribution in [0.25, 0.3) is 5.65 Å². The second kappa shape index (κ2) is 5.39. The van der Waals surface area contributed by atoms with Gasteiger partial charge in [0.2, 0.25) is 17.4 Å². The van der Waals surface area contributed by atoms with E-state index in [1.54, 1.807) is 29.3 Å². The first kappa shape index (κ1) is 13.3. The van der Waals surface area contributed by atoms with E-state index >= 15 is 0 Å². The molecule has 8 nitrogen and oxygen atoms in total. The van der Waals surface area contributed by atoms with Crippen molar-refractivity contribution < 1.29 is 9.72 Å². The molecule has 0 spiro atoms. The number of rotatable bonds is 4. The average Bonchev–Trinajstić information content (AvgIpc) is 3.11. The molecule has 1 saturated heterocycles. The zero-order chi connectivity index (χ0) is 14.8. The third kappa shape index (κ3) is 2.51. The van der Waals surface area contributed by atoms with Crippen LogP contribution in [-0.4, -0.2) is 44.7 Å². The lowest BCUT2D eigenvalue weighted by Gasteiger charge is -2.15. The number of fused-ring (bicyclic) bond motifs is 1. The predicted octanol–water partition coefficient (Wildman–Crippen LogP) is 1.28. The van der Waals surface area contributed by atoms with Crippen molar-refractivity contribution in [2.75, 3.05) is 25.0 Å². The number of anilines is 1. The Balaban J connectivity index is 1.81. The van der Waals surface area contributed by atoms with Crippen molar-refractivity contribution in [3.05, 3.63) is 34.5 Å². The summed E-state index contributed by atoms with van der Waals surface area (Å²) in [6.07, 6.45) is 3.61. The Morgan fingerprint density at radius 1 is 1.38 bits per heavy atom. The smallest absolute Gasteiger partial charge is 0.358 e. The highest BCUT2D eigenvalue weighted by Crippen LogP contribution is 2.25. The third-order valence-electron chi connectivity index (χ3n) is 3.54. The van der Waals surface area contributed by atoms with E-state index < -0.39 is 4.92 Å². The van der Waals surface area contributed by atoms with E-state index in [0.29, 0.717) is 5.65 Å². The first-order valence-electron chi connectivity index (χ1n) is 6.80. The number of nitrogens with zero attached hydrogens (tertiary/aromatic N) is 4. The van der Waals surface area contributed by atoms with E-state index in [4.69, 9.17) is 0 Å². The number of nitro groups is 1. The lowest BCUT2D eigenvalue weighted by atomic mass is 10.4. The van der Waals surface area contributed by atoms with E-state index in [1.807, 2.05) is 0 Å². The highest BCUT2D eigenvalue weighted by atomic mass is 16.6. The van der Waals surface area contributed by atoms with Gasteiger partial charge in [0.15, 0.2) is 0 Å². The van der Waals surface area contributed by atoms with Crippen LogP contribution in [0, 0.1) is 10.1 Å². The lowest BCUT2D eigenvalue weighted by Crippen LogP contribution is -2.33. The number of aromatic nitrogens is 2. The molecule has 0 radical (unpaired) electrons. The Morgan fingerprint density at radius 3 is 2.86 bits per heavy atom. The Hall–Kier alpha value is -2.64. The Bertz CT molecular complexity index is 690. The molecule has 1 amide bonds. The second-order valence-electron chi connectivity index (χ2n) is 4.91. The molecule has 0 saturated carbocycles. The van der Waals surface area contributed by atoms with Crippen molar-refractivity contribution in [3.63, 3.8) is 0 Å². The Kier molecular flexibility index (Phi) is 3.43. The Labute approximate surface area is 120 Å². The summed E-state index contributed by atoms with van der Waals surface area (Å²) in [5.74, 6) is -0.0857. The van der Waals surface area contributed by atoms with Gasteiger partial charge in [0.1, 0.15) is 0 Å². The fraction of sp³-hybridized carbons (Fsp3) is 0.385. The molecule has 0 aromatic carbocycles. The van der Waals surface area contributed by atoms with Crippen molar-refractivity contribution >= 4 is 23.2 Å². The molecule has 1 aliphatic rings. The first-order valence-corrected chi connectivity index (χ1v) is 6.80. The van der Waals surface area contributed by atoms with E-state index in [0.717, 1.165) is 25.9 Å². The molecular formula is C13H15N5O3. The molecule has 0 bridgehead atoms. The summed E-state index contributed by atoms with van der Waals surface area (Å²) in [5.41, 5.74) is 0.473. The van der Waals surface area contributed by atoms with Crippen LogP contribution in [0.15, 0.2) is 24.4 Å². The molecular weight excluding hydrogens is 274 g/mol. The zero-order valence-corrected chi connectivity index (χ0v) is 11.4. The summed E-state index contributed by atoms with van der Waals surface area (Å²) >= 11 is 0. The van der Waals surface area contributed by atoms with Gasteiger partial charge in [-0.3, -0.25) is 4.79 Å². The minimum atomic E-state index is -0.497. The number of hydrogen-bond acceptors (Lipinski definition) is 5. The van der Waals surface area contributed by atoms with Crippen molar-refractivity contribution in [1.29, 1.82) is 0 Å². The van der Waals surface area contributed by atoms with Gasteiger partial charge in [-0.25, -0.2) is 0 Å². The first-order chi connectivity index (χ1) is 10.2. The second-order valence-corrected chi connectivity index (χ2v) is 4.91. The number of amides is 1. The zero-order valence-electron chi connectivity index (χ0n) is 11.4. The molecule has 0 aliphatic carbocycles. The van der Waals surface area contributed by atoms with Crippen LogP contribution in [0.3, 0.4) is 0 Å².